The van der Waals surface area contributed by atoms with Crippen LogP contribution in [0.3, 0.4) is 0 Å². The summed E-state index contributed by atoms with van der Waals surface area (Å²) in [5, 5.41) is 22.2. The van der Waals surface area contributed by atoms with E-state index in [0.717, 1.165) is 56.1 Å². The van der Waals surface area contributed by atoms with Crippen LogP contribution in [0, 0.1) is 23.7 Å². The lowest BCUT2D eigenvalue weighted by Crippen LogP contribution is -2.61. The zero-order chi connectivity index (χ0) is 67.3. The van der Waals surface area contributed by atoms with Gasteiger partial charge in [-0.2, -0.15) is 0 Å². The summed E-state index contributed by atoms with van der Waals surface area (Å²) in [7, 11) is 3.09. The van der Waals surface area contributed by atoms with Gasteiger partial charge < -0.3 is 61.5 Å². The zero-order valence-electron chi connectivity index (χ0n) is 56.4. The van der Waals surface area contributed by atoms with Crippen LogP contribution in [0.1, 0.15) is 216 Å². The first-order valence-electron chi connectivity index (χ1n) is 32.6. The summed E-state index contributed by atoms with van der Waals surface area (Å²) < 4.78 is 22.5. The maximum atomic E-state index is 14.9. The van der Waals surface area contributed by atoms with Gasteiger partial charge in [0.2, 0.25) is 47.3 Å². The van der Waals surface area contributed by atoms with E-state index in [0.29, 0.717) is 24.3 Å². The molecule has 504 valence electrons. The monoisotopic (exact) mass is 1260 g/mol. The Hall–Kier alpha value is -7.26. The van der Waals surface area contributed by atoms with Gasteiger partial charge in [0.15, 0.2) is 0 Å². The SMILES string of the molecule is CCCCCCCCCCCC1CC(=O)N[C@@H](CCC(=O)NC(c2ccc(OC)cc2)c2ccc(OC)cc2)C(=O)N[C@@H](CC(C)C)C(=O)N[C@H](CC(C)C)C(=O)N[C@@H](C(C)C)C(=O)N[C@@H](CC(=O)OC(C)(C)C)C(=O)N[C@H](C)C(=O)N[C@@H]([C@@H](C)CC)C(=O)O1. The van der Waals surface area contributed by atoms with Crippen LogP contribution in [0.4, 0.5) is 0 Å². The fraction of sp³-hybridized carbons (Fsp3) is 0.676. The lowest BCUT2D eigenvalue weighted by molar-refractivity contribution is -0.157. The Labute approximate surface area is 534 Å². The maximum absolute atomic E-state index is 14.9. The number of ether oxygens (including phenoxy) is 4. The lowest BCUT2D eigenvalue weighted by Gasteiger charge is -2.30. The van der Waals surface area contributed by atoms with Gasteiger partial charge in [0.25, 0.3) is 0 Å². The molecule has 0 spiro atoms. The van der Waals surface area contributed by atoms with E-state index in [1.165, 1.54) is 13.3 Å². The van der Waals surface area contributed by atoms with E-state index in [1.54, 1.807) is 80.0 Å². The predicted octanol–water partition coefficient (Wildman–Crippen LogP) is 7.87. The Bertz CT molecular complexity index is 2580. The minimum Gasteiger partial charge on any atom is -0.497 e. The van der Waals surface area contributed by atoms with Gasteiger partial charge in [0.1, 0.15) is 65.5 Å². The third-order valence-electron chi connectivity index (χ3n) is 15.7. The van der Waals surface area contributed by atoms with Crippen molar-refractivity contribution in [2.45, 2.75) is 259 Å². The quantitative estimate of drug-likeness (QED) is 0.0312. The molecule has 8 amide bonds. The second-order valence-electron chi connectivity index (χ2n) is 26.2. The van der Waals surface area contributed by atoms with Crippen molar-refractivity contribution in [3.63, 3.8) is 0 Å². The van der Waals surface area contributed by atoms with E-state index in [1.807, 2.05) is 58.9 Å². The highest BCUT2D eigenvalue weighted by molar-refractivity contribution is 5.98. The Morgan fingerprint density at radius 2 is 1.03 bits per heavy atom. The van der Waals surface area contributed by atoms with Crippen LogP contribution in [0.2, 0.25) is 0 Å². The molecule has 22 heteroatoms. The average Bonchev–Trinajstić information content (AvgIpc) is 1.91. The van der Waals surface area contributed by atoms with Crippen LogP contribution in [0.15, 0.2) is 48.5 Å². The maximum Gasteiger partial charge on any atom is 0.329 e. The van der Waals surface area contributed by atoms with Gasteiger partial charge in [-0.3, -0.25) is 43.2 Å². The van der Waals surface area contributed by atoms with Crippen molar-refractivity contribution in [2.75, 3.05) is 14.2 Å². The van der Waals surface area contributed by atoms with Crippen molar-refractivity contribution >= 4 is 59.2 Å². The first kappa shape index (κ1) is 77.0. The lowest BCUT2D eigenvalue weighted by atomic mass is 9.97. The third kappa shape index (κ3) is 27.9. The molecule has 1 saturated heterocycles. The van der Waals surface area contributed by atoms with Gasteiger partial charge >= 0.3 is 11.9 Å². The molecule has 1 aliphatic heterocycles. The summed E-state index contributed by atoms with van der Waals surface area (Å²) in [6.45, 7) is 22.6. The van der Waals surface area contributed by atoms with Crippen molar-refractivity contribution in [3.05, 3.63) is 59.7 Å². The molecule has 1 fully saturated rings. The number of carbonyl (C=O) groups is 10. The van der Waals surface area contributed by atoms with E-state index >= 15 is 0 Å². The number of carbonyl (C=O) groups excluding carboxylic acids is 10. The standard InChI is InChI=1S/C68H108N8O14/c1-16-18-19-20-21-22-23-24-25-26-50-39-56(78)70-51(35-36-55(77)74-60(46-27-31-48(87-14)32-28-46)47-29-33-49(88-15)34-30-47)62(81)71-52(37-41(3)4)64(83)72-53(38-42(5)6)65(84)75-58(43(7)8)66(85)73-54(40-57(79)90-68(11,12)13)63(82)69-45(10)61(80)76-59(44(9)17-2)67(86)89-50/h27-34,41-45,50-54,58-60H,16-26,35-40H2,1-15H3,(H,69,82)(H,70,78)(H,71,81)(H,72,83)(H,73,85)(H,74,77)(H,75,84)(H,76,80)/t44-,45+,50?,51-,52-,53+,54-,58-,59-/m0/s1. The normalized spacial score (nSPS) is 21.9. The average molecular weight is 1260 g/mol. The topological polar surface area (TPSA) is 304 Å². The molecule has 0 saturated carbocycles. The number of cyclic esters (lactones) is 1. The van der Waals surface area contributed by atoms with E-state index in [-0.39, 0.29) is 43.9 Å². The number of hydrogen-bond donors (Lipinski definition) is 8. The molecular formula is C68H108N8O14. The fourth-order valence-corrected chi connectivity index (χ4v) is 10.4. The molecule has 22 nitrogen and oxygen atoms in total. The third-order valence-corrected chi connectivity index (χ3v) is 15.7. The van der Waals surface area contributed by atoms with Gasteiger partial charge in [-0.05, 0) is 119 Å². The van der Waals surface area contributed by atoms with E-state index in [2.05, 4.69) is 49.5 Å². The molecule has 0 aromatic heterocycles. The van der Waals surface area contributed by atoms with Crippen molar-refractivity contribution in [1.82, 2.24) is 42.5 Å². The summed E-state index contributed by atoms with van der Waals surface area (Å²) in [5.41, 5.74) is 0.463. The van der Waals surface area contributed by atoms with Crippen LogP contribution in [0.5, 0.6) is 11.5 Å². The largest absolute Gasteiger partial charge is 0.497 e. The van der Waals surface area contributed by atoms with Crippen LogP contribution in [0.25, 0.3) is 0 Å². The number of unbranched alkanes of at least 4 members (excludes halogenated alkanes) is 8. The molecule has 1 heterocycles. The second-order valence-corrected chi connectivity index (χ2v) is 26.2. The molecule has 9 atom stereocenters. The van der Waals surface area contributed by atoms with Crippen molar-refractivity contribution in [2.24, 2.45) is 23.7 Å². The van der Waals surface area contributed by atoms with Gasteiger partial charge in [-0.15, -0.1) is 0 Å². The molecule has 0 aliphatic carbocycles. The Balaban J connectivity index is 2.21. The molecule has 8 N–H and O–H groups in total. The summed E-state index contributed by atoms with van der Waals surface area (Å²) in [5.74, 6) is -8.13. The second kappa shape index (κ2) is 39.1. The molecule has 0 radical (unpaired) electrons. The highest BCUT2D eigenvalue weighted by Crippen LogP contribution is 2.27. The Morgan fingerprint density at radius 3 is 1.51 bits per heavy atom. The first-order chi connectivity index (χ1) is 42.5. The minimum absolute atomic E-state index is 0.0710. The number of amides is 8. The highest BCUT2D eigenvalue weighted by atomic mass is 16.6. The molecule has 0 bridgehead atoms. The molecule has 1 unspecified atom stereocenters. The van der Waals surface area contributed by atoms with Crippen LogP contribution in [-0.4, -0.2) is 127 Å². The van der Waals surface area contributed by atoms with Crippen molar-refractivity contribution in [3.8, 4) is 11.5 Å². The van der Waals surface area contributed by atoms with Crippen LogP contribution < -0.4 is 52.0 Å². The summed E-state index contributed by atoms with van der Waals surface area (Å²) in [4.78, 5) is 144. The highest BCUT2D eigenvalue weighted by Gasteiger charge is 2.38. The molecule has 2 aromatic rings. The molecule has 1 aliphatic rings. The number of rotatable bonds is 27. The van der Waals surface area contributed by atoms with E-state index < -0.39 is 144 Å². The first-order valence-corrected chi connectivity index (χ1v) is 32.6. The van der Waals surface area contributed by atoms with Gasteiger partial charge in [0, 0.05) is 6.42 Å². The van der Waals surface area contributed by atoms with Crippen LogP contribution in [-0.2, 0) is 57.4 Å². The molecule has 90 heavy (non-hydrogen) atoms. The minimum atomic E-state index is -1.63. The fourth-order valence-electron chi connectivity index (χ4n) is 10.4. The zero-order valence-corrected chi connectivity index (χ0v) is 56.4. The number of methoxy groups -OCH3 is 2. The van der Waals surface area contributed by atoms with Crippen LogP contribution >= 0.6 is 0 Å². The number of esters is 2. The van der Waals surface area contributed by atoms with E-state index in [9.17, 15) is 47.9 Å². The summed E-state index contributed by atoms with van der Waals surface area (Å²) in [6.07, 6.45) is 7.00. The summed E-state index contributed by atoms with van der Waals surface area (Å²) in [6, 6.07) is 4.09. The Morgan fingerprint density at radius 1 is 0.567 bits per heavy atom. The number of nitrogens with one attached hydrogen (secondary N) is 8. The van der Waals surface area contributed by atoms with Crippen molar-refractivity contribution in [1.29, 1.82) is 0 Å². The molecular weight excluding hydrogens is 1150 g/mol. The molecule has 2 aromatic carbocycles. The number of benzene rings is 2. The summed E-state index contributed by atoms with van der Waals surface area (Å²) >= 11 is 0. The van der Waals surface area contributed by atoms with E-state index in [4.69, 9.17) is 18.9 Å². The van der Waals surface area contributed by atoms with Gasteiger partial charge in [-0.25, -0.2) is 4.79 Å². The van der Waals surface area contributed by atoms with Gasteiger partial charge in [0.05, 0.1) is 33.1 Å². The smallest absolute Gasteiger partial charge is 0.329 e. The Kier molecular flexibility index (Phi) is 33.4. The number of hydrogen-bond acceptors (Lipinski definition) is 14. The van der Waals surface area contributed by atoms with Gasteiger partial charge in [-0.1, -0.05) is 144 Å². The predicted molar refractivity (Wildman–Crippen MR) is 344 cm³/mol. The van der Waals surface area contributed by atoms with Crippen molar-refractivity contribution < 1.29 is 66.9 Å². The molecule has 3 rings (SSSR count).